The lowest BCUT2D eigenvalue weighted by atomic mass is 10.0. The van der Waals surface area contributed by atoms with E-state index in [9.17, 15) is 27.6 Å². The molecule has 9 nitrogen and oxygen atoms in total. The molecule has 0 amide bonds. The predicted octanol–water partition coefficient (Wildman–Crippen LogP) is 4.75. The Hall–Kier alpha value is -4.06. The average Bonchev–Trinajstić information content (AvgIpc) is 3.29. The van der Waals surface area contributed by atoms with E-state index in [1.54, 1.807) is 25.1 Å². The van der Waals surface area contributed by atoms with Gasteiger partial charge in [-0.25, -0.2) is 14.2 Å². The summed E-state index contributed by atoms with van der Waals surface area (Å²) in [6.07, 6.45) is -5.80. The summed E-state index contributed by atoms with van der Waals surface area (Å²) in [6.45, 7) is 4.32. The van der Waals surface area contributed by atoms with Gasteiger partial charge in [-0.2, -0.15) is 13.2 Å². The van der Waals surface area contributed by atoms with E-state index in [4.69, 9.17) is 20.9 Å². The lowest BCUT2D eigenvalue weighted by molar-refractivity contribution is -0.148. The van der Waals surface area contributed by atoms with Gasteiger partial charge in [0.15, 0.2) is 11.7 Å². The smallest absolute Gasteiger partial charge is 0.431 e. The molecule has 0 saturated carbocycles. The van der Waals surface area contributed by atoms with Gasteiger partial charge in [0, 0.05) is 18.2 Å². The molecule has 0 aliphatic carbocycles. The van der Waals surface area contributed by atoms with Crippen molar-refractivity contribution in [3.05, 3.63) is 73.5 Å². The zero-order chi connectivity index (χ0) is 27.9. The first-order chi connectivity index (χ1) is 17.9. The third kappa shape index (κ3) is 4.67. The van der Waals surface area contributed by atoms with Crippen molar-refractivity contribution in [3.63, 3.8) is 0 Å². The summed E-state index contributed by atoms with van der Waals surface area (Å²) in [6, 6.07) is 8.01. The SMILES string of the molecule is CCn1c(C(F)(F)F)cc(=O)n(-c2ccc3onc(-c4cc(OC(C)C(=O)OC)ccc4C)c3c2Cl)c1=O. The molecule has 2 aromatic heterocycles. The highest BCUT2D eigenvalue weighted by molar-refractivity contribution is 6.38. The van der Waals surface area contributed by atoms with Crippen LogP contribution in [0.2, 0.25) is 5.02 Å². The number of benzene rings is 2. The topological polar surface area (TPSA) is 106 Å². The molecule has 0 bridgehead atoms. The molecule has 0 radical (unpaired) electrons. The number of nitrogens with zero attached hydrogens (tertiary/aromatic N) is 3. The second kappa shape index (κ2) is 10.0. The number of aromatic nitrogens is 3. The number of halogens is 4. The van der Waals surface area contributed by atoms with Gasteiger partial charge in [-0.1, -0.05) is 22.8 Å². The number of fused-ring (bicyclic) bond motifs is 1. The van der Waals surface area contributed by atoms with Gasteiger partial charge in [0.1, 0.15) is 17.1 Å². The first kappa shape index (κ1) is 27.0. The Balaban J connectivity index is 1.92. The van der Waals surface area contributed by atoms with Crippen molar-refractivity contribution in [2.24, 2.45) is 0 Å². The summed E-state index contributed by atoms with van der Waals surface area (Å²) in [4.78, 5) is 37.5. The van der Waals surface area contributed by atoms with Gasteiger partial charge in [-0.05, 0) is 50.6 Å². The van der Waals surface area contributed by atoms with Gasteiger partial charge in [-0.15, -0.1) is 0 Å². The van der Waals surface area contributed by atoms with Crippen molar-refractivity contribution in [3.8, 4) is 22.7 Å². The van der Waals surface area contributed by atoms with E-state index in [2.05, 4.69) is 9.89 Å². The van der Waals surface area contributed by atoms with Crippen LogP contribution in [0.4, 0.5) is 13.2 Å². The Morgan fingerprint density at radius 1 is 1.18 bits per heavy atom. The Kier molecular flexibility index (Phi) is 7.11. The van der Waals surface area contributed by atoms with E-state index in [1.807, 2.05) is 0 Å². The van der Waals surface area contributed by atoms with E-state index in [1.165, 1.54) is 33.1 Å². The molecule has 38 heavy (non-hydrogen) atoms. The molecule has 0 aliphatic heterocycles. The molecule has 0 fully saturated rings. The molecule has 4 aromatic rings. The van der Waals surface area contributed by atoms with Gasteiger partial charge in [0.05, 0.1) is 23.2 Å². The fraction of sp³-hybridized carbons (Fsp3) is 0.280. The number of carbonyl (C=O) groups excluding carboxylic acids is 1. The molecule has 200 valence electrons. The van der Waals surface area contributed by atoms with Crippen LogP contribution in [0.1, 0.15) is 25.1 Å². The number of rotatable bonds is 6. The lowest BCUT2D eigenvalue weighted by Gasteiger charge is -2.16. The molecule has 0 spiro atoms. The molecule has 4 rings (SSSR count). The van der Waals surface area contributed by atoms with E-state index >= 15 is 0 Å². The highest BCUT2D eigenvalue weighted by Gasteiger charge is 2.36. The van der Waals surface area contributed by atoms with Crippen molar-refractivity contribution in [1.29, 1.82) is 0 Å². The van der Waals surface area contributed by atoms with Gasteiger partial charge in [-0.3, -0.25) is 9.36 Å². The fourth-order valence-corrected chi connectivity index (χ4v) is 4.36. The average molecular weight is 552 g/mol. The van der Waals surface area contributed by atoms with Crippen LogP contribution >= 0.6 is 11.6 Å². The lowest BCUT2D eigenvalue weighted by Crippen LogP contribution is -2.41. The number of esters is 1. The number of hydrogen-bond donors (Lipinski definition) is 0. The van der Waals surface area contributed by atoms with Crippen LogP contribution in [0.5, 0.6) is 5.75 Å². The molecule has 1 unspecified atom stereocenters. The zero-order valence-corrected chi connectivity index (χ0v) is 21.3. The maximum absolute atomic E-state index is 13.4. The predicted molar refractivity (Wildman–Crippen MR) is 132 cm³/mol. The highest BCUT2D eigenvalue weighted by Crippen LogP contribution is 2.39. The van der Waals surface area contributed by atoms with E-state index < -0.39 is 35.2 Å². The first-order valence-electron chi connectivity index (χ1n) is 11.3. The summed E-state index contributed by atoms with van der Waals surface area (Å²) >= 11 is 6.66. The summed E-state index contributed by atoms with van der Waals surface area (Å²) in [5.74, 6) is -0.261. The molecular formula is C25H21ClF3N3O6. The van der Waals surface area contributed by atoms with Gasteiger partial charge >= 0.3 is 17.8 Å². The maximum atomic E-state index is 13.4. The minimum atomic E-state index is -4.90. The number of hydrogen-bond acceptors (Lipinski definition) is 7. The minimum Gasteiger partial charge on any atom is -0.479 e. The minimum absolute atomic E-state index is 0.131. The van der Waals surface area contributed by atoms with Crippen LogP contribution < -0.4 is 16.0 Å². The second-order valence-corrected chi connectivity index (χ2v) is 8.67. The summed E-state index contributed by atoms with van der Waals surface area (Å²) in [5.41, 5.74) is -2.23. The van der Waals surface area contributed by atoms with E-state index in [-0.39, 0.29) is 33.9 Å². The Bertz CT molecular complexity index is 1670. The van der Waals surface area contributed by atoms with Crippen LogP contribution in [-0.2, 0) is 22.3 Å². The molecule has 1 atom stereocenters. The number of aryl methyl sites for hydroxylation is 1. The molecular weight excluding hydrogens is 531 g/mol. The van der Waals surface area contributed by atoms with Gasteiger partial charge in [0.25, 0.3) is 5.56 Å². The molecule has 0 aliphatic rings. The first-order valence-corrected chi connectivity index (χ1v) is 11.6. The number of methoxy groups -OCH3 is 1. The normalized spacial score (nSPS) is 12.5. The highest BCUT2D eigenvalue weighted by atomic mass is 35.5. The maximum Gasteiger partial charge on any atom is 0.431 e. The van der Waals surface area contributed by atoms with Crippen LogP contribution in [0.15, 0.2) is 50.5 Å². The Morgan fingerprint density at radius 3 is 2.53 bits per heavy atom. The van der Waals surface area contributed by atoms with E-state index in [0.717, 1.165) is 5.56 Å². The monoisotopic (exact) mass is 551 g/mol. The van der Waals surface area contributed by atoms with Crippen molar-refractivity contribution in [2.45, 2.75) is 39.6 Å². The van der Waals surface area contributed by atoms with Crippen LogP contribution in [0.3, 0.4) is 0 Å². The Morgan fingerprint density at radius 2 is 1.89 bits per heavy atom. The van der Waals surface area contributed by atoms with Crippen molar-refractivity contribution < 1.29 is 32.0 Å². The second-order valence-electron chi connectivity index (χ2n) is 8.29. The van der Waals surface area contributed by atoms with Crippen molar-refractivity contribution >= 4 is 28.5 Å². The van der Waals surface area contributed by atoms with Crippen molar-refractivity contribution in [1.82, 2.24) is 14.3 Å². The van der Waals surface area contributed by atoms with E-state index in [0.29, 0.717) is 26.5 Å². The van der Waals surface area contributed by atoms with Gasteiger partial charge < -0.3 is 14.0 Å². The van der Waals surface area contributed by atoms with Crippen LogP contribution in [0.25, 0.3) is 27.9 Å². The zero-order valence-electron chi connectivity index (χ0n) is 20.6. The number of alkyl halides is 3. The summed E-state index contributed by atoms with van der Waals surface area (Å²) in [5, 5.41) is 4.18. The van der Waals surface area contributed by atoms with Crippen molar-refractivity contribution in [2.75, 3.05) is 7.11 Å². The standard InChI is InChI=1S/C25H21ClF3N3O6/c1-5-31-18(25(27,28)29)11-19(33)32(24(31)35)16-8-9-17-20(21(16)26)22(30-38-17)15-10-14(7-6-12(15)2)37-13(3)23(34)36-4/h6-11,13H,5H2,1-4H3. The van der Waals surface area contributed by atoms with Gasteiger partial charge in [0.2, 0.25) is 0 Å². The molecule has 0 saturated heterocycles. The van der Waals surface area contributed by atoms with Crippen LogP contribution in [-0.4, -0.2) is 33.5 Å². The van der Waals surface area contributed by atoms with Crippen LogP contribution in [0, 0.1) is 6.92 Å². The summed E-state index contributed by atoms with van der Waals surface area (Å²) < 4.78 is 57.1. The largest absolute Gasteiger partial charge is 0.479 e. The molecule has 0 N–H and O–H groups in total. The summed E-state index contributed by atoms with van der Waals surface area (Å²) in [7, 11) is 1.24. The third-order valence-electron chi connectivity index (χ3n) is 5.91. The fourth-order valence-electron chi connectivity index (χ4n) is 4.03. The molecule has 2 aromatic carbocycles. The number of ether oxygens (including phenoxy) is 2. The number of carbonyl (C=O) groups is 1. The Labute approximate surface area is 217 Å². The molecule has 13 heteroatoms. The quantitative estimate of drug-likeness (QED) is 0.318. The molecule has 2 heterocycles. The third-order valence-corrected chi connectivity index (χ3v) is 6.29.